The number of hydrogen-bond donors (Lipinski definition) is 1. The number of rotatable bonds is 5. The molecule has 0 atom stereocenters. The van der Waals surface area contributed by atoms with E-state index in [1.54, 1.807) is 18.4 Å². The lowest BCUT2D eigenvalue weighted by molar-refractivity contribution is -0.120. The lowest BCUT2D eigenvalue weighted by Gasteiger charge is -2.19. The Kier molecular flexibility index (Phi) is 5.64. The Labute approximate surface area is 168 Å². The van der Waals surface area contributed by atoms with E-state index in [0.717, 1.165) is 46.5 Å². The van der Waals surface area contributed by atoms with Crippen molar-refractivity contribution in [1.82, 2.24) is 20.4 Å². The fraction of sp³-hybridized carbons (Fsp3) is 0.286. The van der Waals surface area contributed by atoms with Crippen LogP contribution in [0.15, 0.2) is 48.5 Å². The van der Waals surface area contributed by atoms with E-state index in [2.05, 4.69) is 32.5 Å². The number of nitrogens with one attached hydrogen (secondary N) is 1. The molecule has 0 bridgehead atoms. The van der Waals surface area contributed by atoms with Gasteiger partial charge in [0.05, 0.1) is 12.7 Å². The maximum Gasteiger partial charge on any atom is 0.221 e. The highest BCUT2D eigenvalue weighted by Gasteiger charge is 2.17. The van der Waals surface area contributed by atoms with Crippen LogP contribution < -0.4 is 10.1 Å². The van der Waals surface area contributed by atoms with Crippen molar-refractivity contribution in [3.63, 3.8) is 0 Å². The van der Waals surface area contributed by atoms with Crippen LogP contribution in [0.25, 0.3) is 21.1 Å². The van der Waals surface area contributed by atoms with Gasteiger partial charge in [0.25, 0.3) is 0 Å². The van der Waals surface area contributed by atoms with Crippen LogP contribution in [-0.4, -0.2) is 47.7 Å². The standard InChI is InChI=1S/C21H22N4O2S/c1-27-18-8-7-15(14-25-11-9-19(26)22-10-12-25)13-17(18)21-24-23-20(28-21)16-5-3-2-4-6-16/h2-8,13H,9-12,14H2,1H3,(H,22,26). The van der Waals surface area contributed by atoms with E-state index in [1.807, 2.05) is 36.4 Å². The number of methoxy groups -OCH3 is 1. The van der Waals surface area contributed by atoms with E-state index >= 15 is 0 Å². The monoisotopic (exact) mass is 394 g/mol. The molecule has 1 saturated heterocycles. The van der Waals surface area contributed by atoms with Gasteiger partial charge in [0.2, 0.25) is 5.91 Å². The molecule has 1 aliphatic rings. The van der Waals surface area contributed by atoms with Gasteiger partial charge in [0.1, 0.15) is 10.8 Å². The van der Waals surface area contributed by atoms with Gasteiger partial charge in [-0.3, -0.25) is 9.69 Å². The molecule has 1 amide bonds. The van der Waals surface area contributed by atoms with E-state index < -0.39 is 0 Å². The molecule has 28 heavy (non-hydrogen) atoms. The largest absolute Gasteiger partial charge is 0.496 e. The Morgan fingerprint density at radius 3 is 2.75 bits per heavy atom. The first-order valence-corrected chi connectivity index (χ1v) is 10.1. The van der Waals surface area contributed by atoms with Gasteiger partial charge in [-0.05, 0) is 17.7 Å². The van der Waals surface area contributed by atoms with Gasteiger partial charge in [0.15, 0.2) is 5.01 Å². The van der Waals surface area contributed by atoms with Crippen molar-refractivity contribution >= 4 is 17.2 Å². The van der Waals surface area contributed by atoms with Crippen LogP contribution in [0.4, 0.5) is 0 Å². The zero-order valence-electron chi connectivity index (χ0n) is 15.7. The topological polar surface area (TPSA) is 67.3 Å². The number of aromatic nitrogens is 2. The number of benzene rings is 2. The first-order valence-electron chi connectivity index (χ1n) is 9.28. The fourth-order valence-corrected chi connectivity index (χ4v) is 4.15. The van der Waals surface area contributed by atoms with Gasteiger partial charge in [-0.15, -0.1) is 10.2 Å². The second-order valence-corrected chi connectivity index (χ2v) is 7.67. The van der Waals surface area contributed by atoms with Gasteiger partial charge in [-0.2, -0.15) is 0 Å². The second-order valence-electron chi connectivity index (χ2n) is 6.69. The molecular weight excluding hydrogens is 372 g/mol. The molecular formula is C21H22N4O2S. The minimum absolute atomic E-state index is 0.125. The summed E-state index contributed by atoms with van der Waals surface area (Å²) in [6, 6.07) is 16.2. The third-order valence-corrected chi connectivity index (χ3v) is 5.76. The summed E-state index contributed by atoms with van der Waals surface area (Å²) in [5.74, 6) is 0.910. The van der Waals surface area contributed by atoms with Gasteiger partial charge >= 0.3 is 0 Å². The molecule has 7 heteroatoms. The predicted molar refractivity (Wildman–Crippen MR) is 110 cm³/mol. The summed E-state index contributed by atoms with van der Waals surface area (Å²) in [7, 11) is 1.67. The summed E-state index contributed by atoms with van der Waals surface area (Å²) in [6.07, 6.45) is 0.542. The average molecular weight is 395 g/mol. The molecule has 3 aromatic rings. The average Bonchev–Trinajstić information content (AvgIpc) is 3.14. The fourth-order valence-electron chi connectivity index (χ4n) is 3.28. The van der Waals surface area contributed by atoms with E-state index in [0.29, 0.717) is 13.0 Å². The SMILES string of the molecule is COc1ccc(CN2CCNC(=O)CC2)cc1-c1nnc(-c2ccccc2)s1. The summed E-state index contributed by atoms with van der Waals surface area (Å²) < 4.78 is 5.56. The van der Waals surface area contributed by atoms with Crippen LogP contribution in [-0.2, 0) is 11.3 Å². The first kappa shape index (κ1) is 18.6. The lowest BCUT2D eigenvalue weighted by Crippen LogP contribution is -2.28. The minimum atomic E-state index is 0.125. The van der Waals surface area contributed by atoms with E-state index in [1.165, 1.54) is 5.56 Å². The minimum Gasteiger partial charge on any atom is -0.496 e. The molecule has 0 spiro atoms. The van der Waals surface area contributed by atoms with E-state index in [-0.39, 0.29) is 5.91 Å². The predicted octanol–water partition coefficient (Wildman–Crippen LogP) is 3.20. The van der Waals surface area contributed by atoms with Crippen molar-refractivity contribution < 1.29 is 9.53 Å². The zero-order valence-corrected chi connectivity index (χ0v) is 16.5. The first-order chi connectivity index (χ1) is 13.7. The maximum atomic E-state index is 11.6. The van der Waals surface area contributed by atoms with Gasteiger partial charge in [-0.1, -0.05) is 47.7 Å². The van der Waals surface area contributed by atoms with Crippen LogP contribution in [0, 0.1) is 0 Å². The quantitative estimate of drug-likeness (QED) is 0.720. The highest BCUT2D eigenvalue weighted by atomic mass is 32.1. The maximum absolute atomic E-state index is 11.6. The molecule has 1 aliphatic heterocycles. The summed E-state index contributed by atoms with van der Waals surface area (Å²) in [4.78, 5) is 13.8. The Bertz CT molecular complexity index is 958. The number of hydrogen-bond acceptors (Lipinski definition) is 6. The normalized spacial score (nSPS) is 15.1. The Hall–Kier alpha value is -2.77. The highest BCUT2D eigenvalue weighted by Crippen LogP contribution is 2.36. The molecule has 6 nitrogen and oxygen atoms in total. The number of carbonyl (C=O) groups excluding carboxylic acids is 1. The van der Waals surface area contributed by atoms with Gasteiger partial charge in [-0.25, -0.2) is 0 Å². The summed E-state index contributed by atoms with van der Waals surface area (Å²) in [6.45, 7) is 3.10. The molecule has 1 fully saturated rings. The summed E-state index contributed by atoms with van der Waals surface area (Å²) in [5.41, 5.74) is 3.17. The van der Waals surface area contributed by atoms with Crippen molar-refractivity contribution in [2.24, 2.45) is 0 Å². The number of nitrogens with zero attached hydrogens (tertiary/aromatic N) is 3. The van der Waals surface area contributed by atoms with Crippen LogP contribution in [0.5, 0.6) is 5.75 Å². The molecule has 144 valence electrons. The summed E-state index contributed by atoms with van der Waals surface area (Å²) in [5, 5.41) is 13.4. The van der Waals surface area contributed by atoms with Crippen molar-refractivity contribution in [2.75, 3.05) is 26.7 Å². The molecule has 0 unspecified atom stereocenters. The molecule has 2 aromatic carbocycles. The van der Waals surface area contributed by atoms with Crippen molar-refractivity contribution in [2.45, 2.75) is 13.0 Å². The highest BCUT2D eigenvalue weighted by molar-refractivity contribution is 7.18. The molecule has 0 radical (unpaired) electrons. The van der Waals surface area contributed by atoms with Gasteiger partial charge in [0, 0.05) is 38.2 Å². The van der Waals surface area contributed by atoms with Crippen LogP contribution >= 0.6 is 11.3 Å². The second kappa shape index (κ2) is 8.50. The number of carbonyl (C=O) groups is 1. The van der Waals surface area contributed by atoms with Crippen LogP contribution in [0.1, 0.15) is 12.0 Å². The number of amides is 1. The summed E-state index contributed by atoms with van der Waals surface area (Å²) >= 11 is 1.56. The van der Waals surface area contributed by atoms with Gasteiger partial charge < -0.3 is 10.1 Å². The molecule has 0 aliphatic carbocycles. The Morgan fingerprint density at radius 2 is 1.93 bits per heavy atom. The Balaban J connectivity index is 1.59. The molecule has 2 heterocycles. The zero-order chi connectivity index (χ0) is 19.3. The molecule has 4 rings (SSSR count). The smallest absolute Gasteiger partial charge is 0.221 e. The molecule has 1 aromatic heterocycles. The lowest BCUT2D eigenvalue weighted by atomic mass is 10.1. The van der Waals surface area contributed by atoms with Crippen LogP contribution in [0.2, 0.25) is 0 Å². The van der Waals surface area contributed by atoms with Crippen molar-refractivity contribution in [1.29, 1.82) is 0 Å². The molecule has 0 saturated carbocycles. The van der Waals surface area contributed by atoms with Crippen molar-refractivity contribution in [3.8, 4) is 26.9 Å². The van der Waals surface area contributed by atoms with Crippen molar-refractivity contribution in [3.05, 3.63) is 54.1 Å². The van der Waals surface area contributed by atoms with Crippen LogP contribution in [0.3, 0.4) is 0 Å². The van der Waals surface area contributed by atoms with E-state index in [4.69, 9.17) is 4.74 Å². The number of ether oxygens (including phenoxy) is 1. The Morgan fingerprint density at radius 1 is 1.11 bits per heavy atom. The third kappa shape index (κ3) is 4.21. The van der Waals surface area contributed by atoms with E-state index in [9.17, 15) is 4.79 Å². The molecule has 1 N–H and O–H groups in total. The third-order valence-electron chi connectivity index (χ3n) is 4.75.